The number of carbonyl (C=O) groups excluding carboxylic acids is 2. The number of aromatic nitrogens is 4. The van der Waals surface area contributed by atoms with Crippen LogP contribution in [-0.2, 0) is 15.3 Å². The fourth-order valence-corrected chi connectivity index (χ4v) is 6.58. The van der Waals surface area contributed by atoms with Gasteiger partial charge in [0, 0.05) is 11.9 Å². The van der Waals surface area contributed by atoms with E-state index in [9.17, 15) is 19.8 Å². The fourth-order valence-electron chi connectivity index (χ4n) is 4.75. The molecule has 4 heterocycles. The van der Waals surface area contributed by atoms with E-state index in [0.717, 1.165) is 11.1 Å². The highest BCUT2D eigenvalue weighted by Gasteiger charge is 2.48. The lowest BCUT2D eigenvalue weighted by Crippen LogP contribution is -2.29. The van der Waals surface area contributed by atoms with Crippen LogP contribution in [0, 0.1) is 13.8 Å². The number of thioether (sulfide) groups is 1. The van der Waals surface area contributed by atoms with Gasteiger partial charge in [-0.15, -0.1) is 10.2 Å². The van der Waals surface area contributed by atoms with Crippen molar-refractivity contribution in [3.63, 3.8) is 0 Å². The van der Waals surface area contributed by atoms with E-state index in [1.165, 1.54) is 40.1 Å². The predicted octanol–water partition coefficient (Wildman–Crippen LogP) is 5.43. The molecule has 2 N–H and O–H groups in total. The number of phenols is 1. The summed E-state index contributed by atoms with van der Waals surface area (Å²) in [5.74, 6) is -1.35. The second kappa shape index (κ2) is 10.2. The number of pyridine rings is 1. The number of imidazole rings is 1. The van der Waals surface area contributed by atoms with Gasteiger partial charge in [-0.05, 0) is 48.7 Å². The van der Waals surface area contributed by atoms with Crippen molar-refractivity contribution in [3.05, 3.63) is 107 Å². The number of fused-ring (bicyclic) bond motifs is 1. The molecule has 1 unspecified atom stereocenters. The Morgan fingerprint density at radius 3 is 2.48 bits per heavy atom. The second-order valence-electron chi connectivity index (χ2n) is 9.32. The summed E-state index contributed by atoms with van der Waals surface area (Å²) in [5, 5.41) is 30.2. The van der Waals surface area contributed by atoms with Gasteiger partial charge in [0.05, 0.1) is 17.3 Å². The van der Waals surface area contributed by atoms with Crippen molar-refractivity contribution in [1.29, 1.82) is 0 Å². The van der Waals surface area contributed by atoms with Gasteiger partial charge in [-0.2, -0.15) is 0 Å². The number of carbonyl (C=O) groups is 2. The first-order valence-electron chi connectivity index (χ1n) is 12.4. The second-order valence-corrected chi connectivity index (χ2v) is 11.5. The Morgan fingerprint density at radius 2 is 1.75 bits per heavy atom. The third-order valence-electron chi connectivity index (χ3n) is 6.77. The molecule has 200 valence electrons. The molecule has 2 aromatic carbocycles. The zero-order chi connectivity index (χ0) is 28.0. The number of hydrogen-bond acceptors (Lipinski definition) is 9. The molecular weight excluding hydrogens is 546 g/mol. The van der Waals surface area contributed by atoms with Crippen LogP contribution in [-0.4, -0.2) is 41.5 Å². The number of Topliss-reactive ketones (excluding diaryl/α,β-unsaturated/α-hetero) is 1. The minimum atomic E-state index is -0.995. The highest BCUT2D eigenvalue weighted by molar-refractivity contribution is 8.00. The van der Waals surface area contributed by atoms with Crippen molar-refractivity contribution in [2.75, 3.05) is 4.90 Å². The van der Waals surface area contributed by atoms with Crippen LogP contribution in [0.3, 0.4) is 0 Å². The molecule has 5 aromatic rings. The van der Waals surface area contributed by atoms with E-state index < -0.39 is 17.7 Å². The van der Waals surface area contributed by atoms with Crippen LogP contribution in [0.15, 0.2) is 82.8 Å². The number of aliphatic hydroxyl groups is 1. The molecular formula is C29H23N5O4S2. The van der Waals surface area contributed by atoms with E-state index >= 15 is 0 Å². The maximum absolute atomic E-state index is 13.5. The molecule has 1 aliphatic heterocycles. The van der Waals surface area contributed by atoms with E-state index in [-0.39, 0.29) is 27.9 Å². The summed E-state index contributed by atoms with van der Waals surface area (Å²) in [6.45, 7) is 3.70. The number of ketones is 1. The number of amides is 1. The van der Waals surface area contributed by atoms with Crippen LogP contribution in [0.2, 0.25) is 0 Å². The number of benzene rings is 2. The molecule has 0 bridgehead atoms. The van der Waals surface area contributed by atoms with E-state index in [1.54, 1.807) is 19.1 Å². The third-order valence-corrected chi connectivity index (χ3v) is 8.90. The normalized spacial score (nSPS) is 16.8. The largest absolute Gasteiger partial charge is 0.508 e. The zero-order valence-corrected chi connectivity index (χ0v) is 23.1. The molecule has 0 saturated carbocycles. The molecule has 40 heavy (non-hydrogen) atoms. The first-order chi connectivity index (χ1) is 19.3. The summed E-state index contributed by atoms with van der Waals surface area (Å²) in [6.07, 6.45) is 1.83. The molecule has 1 atom stereocenters. The predicted molar refractivity (Wildman–Crippen MR) is 153 cm³/mol. The van der Waals surface area contributed by atoms with Crippen LogP contribution >= 0.6 is 23.1 Å². The summed E-state index contributed by atoms with van der Waals surface area (Å²) in [5.41, 5.74) is 3.91. The fraction of sp³-hybridized carbons (Fsp3) is 0.138. The van der Waals surface area contributed by atoms with Gasteiger partial charge in [0.1, 0.15) is 17.1 Å². The Bertz CT molecular complexity index is 1790. The smallest absolute Gasteiger partial charge is 0.301 e. The molecule has 1 fully saturated rings. The van der Waals surface area contributed by atoms with E-state index in [1.807, 2.05) is 60.0 Å². The van der Waals surface area contributed by atoms with Gasteiger partial charge in [0.2, 0.25) is 5.13 Å². The van der Waals surface area contributed by atoms with Crippen LogP contribution in [0.1, 0.15) is 34.1 Å². The van der Waals surface area contributed by atoms with Gasteiger partial charge in [-0.25, -0.2) is 4.98 Å². The molecule has 6 rings (SSSR count). The van der Waals surface area contributed by atoms with Crippen molar-refractivity contribution in [2.45, 2.75) is 30.0 Å². The molecule has 1 saturated heterocycles. The van der Waals surface area contributed by atoms with Crippen molar-refractivity contribution in [1.82, 2.24) is 19.6 Å². The number of aromatic hydroxyl groups is 1. The van der Waals surface area contributed by atoms with Crippen molar-refractivity contribution in [3.8, 4) is 5.75 Å². The minimum absolute atomic E-state index is 0.0304. The van der Waals surface area contributed by atoms with Crippen LogP contribution < -0.4 is 4.90 Å². The average Bonchev–Trinajstić information content (AvgIpc) is 3.64. The SMILES string of the molecule is Cc1cccn2c(C)c(/C(O)=C3\C(=O)C(=O)N(c4nnc(SCc5ccccc5)s4)C3c3ccc(O)cc3)nc12. The maximum Gasteiger partial charge on any atom is 0.301 e. The lowest BCUT2D eigenvalue weighted by Gasteiger charge is -2.22. The standard InChI is InChI=1S/C29H23N5O4S2/c1-16-7-6-14-33-17(2)22(30-26(16)33)24(36)21-23(19-10-12-20(35)13-11-19)34(27(38)25(21)37)28-31-32-29(40-28)39-15-18-8-4-3-5-9-18/h3-14,23,35-36H,15H2,1-2H3/b24-21+. The van der Waals surface area contributed by atoms with E-state index in [4.69, 9.17) is 0 Å². The van der Waals surface area contributed by atoms with Gasteiger partial charge in [-0.1, -0.05) is 71.6 Å². The topological polar surface area (TPSA) is 121 Å². The number of nitrogens with zero attached hydrogens (tertiary/aromatic N) is 5. The number of phenolic OH excluding ortho intramolecular Hbond substituents is 1. The molecule has 0 spiro atoms. The van der Waals surface area contributed by atoms with Crippen LogP contribution in [0.25, 0.3) is 11.4 Å². The summed E-state index contributed by atoms with van der Waals surface area (Å²) in [4.78, 5) is 32.9. The monoisotopic (exact) mass is 569 g/mol. The Morgan fingerprint density at radius 1 is 1.00 bits per heavy atom. The molecule has 0 radical (unpaired) electrons. The Hall–Kier alpha value is -4.48. The van der Waals surface area contributed by atoms with E-state index in [2.05, 4.69) is 15.2 Å². The number of rotatable bonds is 6. The molecule has 1 amide bonds. The summed E-state index contributed by atoms with van der Waals surface area (Å²) < 4.78 is 2.47. The quantitative estimate of drug-likeness (QED) is 0.0914. The van der Waals surface area contributed by atoms with Crippen molar-refractivity contribution in [2.24, 2.45) is 0 Å². The zero-order valence-electron chi connectivity index (χ0n) is 21.5. The maximum atomic E-state index is 13.5. The number of hydrogen-bond donors (Lipinski definition) is 2. The minimum Gasteiger partial charge on any atom is -0.508 e. The number of aliphatic hydroxyl groups excluding tert-OH is 1. The van der Waals surface area contributed by atoms with Gasteiger partial charge in [0.15, 0.2) is 10.1 Å². The number of aryl methyl sites for hydroxylation is 2. The van der Waals surface area contributed by atoms with Crippen LogP contribution in [0.4, 0.5) is 5.13 Å². The highest BCUT2D eigenvalue weighted by atomic mass is 32.2. The molecule has 9 nitrogen and oxygen atoms in total. The van der Waals surface area contributed by atoms with Crippen molar-refractivity contribution < 1.29 is 19.8 Å². The van der Waals surface area contributed by atoms with Gasteiger partial charge >= 0.3 is 5.91 Å². The Balaban J connectivity index is 1.45. The highest BCUT2D eigenvalue weighted by Crippen LogP contribution is 2.44. The Labute approximate surface area is 237 Å². The lowest BCUT2D eigenvalue weighted by molar-refractivity contribution is -0.132. The third kappa shape index (κ3) is 4.42. The van der Waals surface area contributed by atoms with Gasteiger partial charge in [0.25, 0.3) is 5.78 Å². The lowest BCUT2D eigenvalue weighted by atomic mass is 9.96. The van der Waals surface area contributed by atoms with Crippen LogP contribution in [0.5, 0.6) is 5.75 Å². The van der Waals surface area contributed by atoms with E-state index in [0.29, 0.717) is 27.0 Å². The first-order valence-corrected chi connectivity index (χ1v) is 14.2. The molecule has 0 aliphatic carbocycles. The average molecular weight is 570 g/mol. The van der Waals surface area contributed by atoms with Gasteiger partial charge in [-0.3, -0.25) is 14.5 Å². The summed E-state index contributed by atoms with van der Waals surface area (Å²) in [7, 11) is 0. The Kier molecular flexibility index (Phi) is 6.60. The molecule has 1 aliphatic rings. The molecule has 3 aromatic heterocycles. The number of anilines is 1. The first kappa shape index (κ1) is 25.8. The summed E-state index contributed by atoms with van der Waals surface area (Å²) in [6, 6.07) is 18.8. The van der Waals surface area contributed by atoms with Gasteiger partial charge < -0.3 is 14.6 Å². The molecule has 11 heteroatoms. The van der Waals surface area contributed by atoms with Crippen molar-refractivity contribution >= 4 is 51.3 Å². The summed E-state index contributed by atoms with van der Waals surface area (Å²) >= 11 is 2.67.